The molecule has 2 saturated heterocycles. The Labute approximate surface area is 160 Å². The number of alkyl halides is 2. The summed E-state index contributed by atoms with van der Waals surface area (Å²) in [5.74, 6) is -2.88. The number of hydrogen-bond acceptors (Lipinski definition) is 5. The van der Waals surface area contributed by atoms with Gasteiger partial charge in [0.05, 0.1) is 22.8 Å². The number of halogens is 2. The molecule has 27 heavy (non-hydrogen) atoms. The number of nitrogens with zero attached hydrogens (tertiary/aromatic N) is 2. The van der Waals surface area contributed by atoms with Crippen molar-refractivity contribution in [3.8, 4) is 0 Å². The molecule has 1 aromatic carbocycles. The molecule has 2 unspecified atom stereocenters. The van der Waals surface area contributed by atoms with Crippen LogP contribution < -0.4 is 4.90 Å². The highest BCUT2D eigenvalue weighted by Crippen LogP contribution is 2.32. The van der Waals surface area contributed by atoms with Crippen LogP contribution in [0, 0.1) is 5.92 Å². The largest absolute Gasteiger partial charge is 0.373 e. The van der Waals surface area contributed by atoms with Crippen molar-refractivity contribution in [3.63, 3.8) is 0 Å². The van der Waals surface area contributed by atoms with E-state index in [9.17, 15) is 17.2 Å². The van der Waals surface area contributed by atoms with Gasteiger partial charge in [-0.25, -0.2) is 8.42 Å². The molecule has 0 aromatic heterocycles. The van der Waals surface area contributed by atoms with Crippen molar-refractivity contribution in [1.29, 1.82) is 0 Å². The second kappa shape index (κ2) is 8.41. The Morgan fingerprint density at radius 2 is 1.70 bits per heavy atom. The third-order valence-electron chi connectivity index (χ3n) is 5.37. The van der Waals surface area contributed by atoms with E-state index < -0.39 is 15.6 Å². The number of ether oxygens (including phenoxy) is 1. The third kappa shape index (κ3) is 4.78. The Morgan fingerprint density at radius 1 is 1.11 bits per heavy atom. The molecule has 2 aliphatic rings. The van der Waals surface area contributed by atoms with Crippen molar-refractivity contribution < 1.29 is 21.9 Å². The second-order valence-electron chi connectivity index (χ2n) is 7.68. The van der Waals surface area contributed by atoms with Crippen molar-refractivity contribution in [2.45, 2.75) is 49.6 Å². The second-order valence-corrected chi connectivity index (χ2v) is 9.57. The molecule has 2 heterocycles. The number of sulfone groups is 1. The molecule has 0 bridgehead atoms. The Hall–Kier alpha value is -1.25. The highest BCUT2D eigenvalue weighted by Gasteiger charge is 2.32. The van der Waals surface area contributed by atoms with Gasteiger partial charge in [0.25, 0.3) is 0 Å². The molecule has 0 aliphatic carbocycles. The van der Waals surface area contributed by atoms with Crippen LogP contribution in [0.2, 0.25) is 0 Å². The molecule has 3 rings (SSSR count). The molecule has 2 aliphatic heterocycles. The van der Waals surface area contributed by atoms with E-state index >= 15 is 0 Å². The van der Waals surface area contributed by atoms with Crippen LogP contribution in [0.4, 0.5) is 14.5 Å². The number of piperidine rings is 1. The van der Waals surface area contributed by atoms with Crippen LogP contribution in [0.5, 0.6) is 0 Å². The highest BCUT2D eigenvalue weighted by atomic mass is 32.2. The Balaban J connectivity index is 1.63. The first-order chi connectivity index (χ1) is 12.8. The molecule has 2 atom stereocenters. The summed E-state index contributed by atoms with van der Waals surface area (Å²) in [6.07, 6.45) is 2.31. The van der Waals surface area contributed by atoms with Crippen molar-refractivity contribution in [2.75, 3.05) is 37.6 Å². The maximum atomic E-state index is 13.0. The van der Waals surface area contributed by atoms with Crippen molar-refractivity contribution in [1.82, 2.24) is 4.90 Å². The molecule has 8 heteroatoms. The molecule has 5 nitrogen and oxygen atoms in total. The van der Waals surface area contributed by atoms with Gasteiger partial charge >= 0.3 is 5.76 Å². The van der Waals surface area contributed by atoms with E-state index in [0.29, 0.717) is 24.7 Å². The van der Waals surface area contributed by atoms with E-state index in [1.165, 1.54) is 12.1 Å². The minimum atomic E-state index is -4.60. The van der Waals surface area contributed by atoms with Crippen molar-refractivity contribution >= 4 is 15.5 Å². The summed E-state index contributed by atoms with van der Waals surface area (Å²) in [6.45, 7) is 8.39. The zero-order valence-corrected chi connectivity index (χ0v) is 16.7. The molecule has 2 fully saturated rings. The fourth-order valence-electron chi connectivity index (χ4n) is 4.21. The van der Waals surface area contributed by atoms with Crippen LogP contribution in [0.1, 0.15) is 26.7 Å². The van der Waals surface area contributed by atoms with Crippen molar-refractivity contribution in [3.05, 3.63) is 24.3 Å². The summed E-state index contributed by atoms with van der Waals surface area (Å²) >= 11 is 0. The first-order valence-electron chi connectivity index (χ1n) is 9.51. The first-order valence-corrected chi connectivity index (χ1v) is 11.1. The summed E-state index contributed by atoms with van der Waals surface area (Å²) in [6, 6.07) is 6.09. The number of para-hydroxylation sites is 1. The van der Waals surface area contributed by atoms with E-state index in [1.54, 1.807) is 12.1 Å². The maximum absolute atomic E-state index is 13.0. The van der Waals surface area contributed by atoms with Crippen LogP contribution in [-0.4, -0.2) is 64.0 Å². The smallest absolute Gasteiger partial charge is 0.341 e. The number of hydrogen-bond donors (Lipinski definition) is 0. The van der Waals surface area contributed by atoms with E-state index in [-0.39, 0.29) is 17.1 Å². The van der Waals surface area contributed by atoms with Gasteiger partial charge in [0.1, 0.15) is 0 Å². The number of rotatable bonds is 5. The lowest BCUT2D eigenvalue weighted by molar-refractivity contribution is -0.0720. The van der Waals surface area contributed by atoms with E-state index in [1.807, 2.05) is 4.90 Å². The summed E-state index contributed by atoms with van der Waals surface area (Å²) in [7, 11) is -4.60. The van der Waals surface area contributed by atoms with Gasteiger partial charge in [0.2, 0.25) is 9.84 Å². The van der Waals surface area contributed by atoms with Crippen LogP contribution in [0.25, 0.3) is 0 Å². The molecule has 1 aromatic rings. The Morgan fingerprint density at radius 3 is 2.30 bits per heavy atom. The Bertz CT molecular complexity index is 726. The zero-order valence-electron chi connectivity index (χ0n) is 15.9. The first kappa shape index (κ1) is 20.5. The average Bonchev–Trinajstić information content (AvgIpc) is 2.61. The lowest BCUT2D eigenvalue weighted by Crippen LogP contribution is -2.48. The van der Waals surface area contributed by atoms with Gasteiger partial charge in [-0.05, 0) is 44.7 Å². The molecule has 0 amide bonds. The SMILES string of the molecule is CC1CN(CC2CCN(c3ccccc3S(=O)(=O)C(F)F)CC2)CC(C)O1. The summed E-state index contributed by atoms with van der Waals surface area (Å²) in [4.78, 5) is 4.10. The predicted molar refractivity (Wildman–Crippen MR) is 101 cm³/mol. The monoisotopic (exact) mass is 402 g/mol. The van der Waals surface area contributed by atoms with Crippen LogP contribution in [0.3, 0.4) is 0 Å². The number of benzene rings is 1. The normalized spacial score (nSPS) is 25.9. The van der Waals surface area contributed by atoms with E-state index in [2.05, 4.69) is 18.7 Å². The maximum Gasteiger partial charge on any atom is 0.341 e. The zero-order chi connectivity index (χ0) is 19.6. The summed E-state index contributed by atoms with van der Waals surface area (Å²) in [5, 5.41) is 0. The van der Waals surface area contributed by atoms with Gasteiger partial charge in [-0.15, -0.1) is 0 Å². The molecule has 0 spiro atoms. The molecule has 0 saturated carbocycles. The van der Waals surface area contributed by atoms with Gasteiger partial charge in [0.15, 0.2) is 0 Å². The molecule has 0 N–H and O–H groups in total. The minimum absolute atomic E-state index is 0.236. The van der Waals surface area contributed by atoms with Crippen LogP contribution in [0.15, 0.2) is 29.2 Å². The lowest BCUT2D eigenvalue weighted by Gasteiger charge is -2.40. The van der Waals surface area contributed by atoms with Crippen LogP contribution in [-0.2, 0) is 14.6 Å². The topological polar surface area (TPSA) is 49.9 Å². The average molecular weight is 403 g/mol. The van der Waals surface area contributed by atoms with E-state index in [0.717, 1.165) is 32.5 Å². The number of morpholine rings is 1. The molecular formula is C19H28F2N2O3S. The standard InChI is InChI=1S/C19H28F2N2O3S/c1-14-11-22(12-15(2)26-14)13-16-7-9-23(10-8-16)17-5-3-4-6-18(17)27(24,25)19(20)21/h3-6,14-16,19H,7-13H2,1-2H3. The molecule has 152 valence electrons. The van der Waals surface area contributed by atoms with Crippen LogP contribution >= 0.6 is 0 Å². The number of anilines is 1. The third-order valence-corrected chi connectivity index (χ3v) is 6.80. The van der Waals surface area contributed by atoms with Gasteiger partial charge in [0, 0.05) is 32.7 Å². The lowest BCUT2D eigenvalue weighted by atomic mass is 9.95. The Kier molecular flexibility index (Phi) is 6.38. The summed E-state index contributed by atoms with van der Waals surface area (Å²) in [5.41, 5.74) is 0.393. The fraction of sp³-hybridized carbons (Fsp3) is 0.684. The van der Waals surface area contributed by atoms with Gasteiger partial charge in [-0.3, -0.25) is 4.90 Å². The fourth-order valence-corrected chi connectivity index (χ4v) is 5.16. The molecular weight excluding hydrogens is 374 g/mol. The van der Waals surface area contributed by atoms with E-state index in [4.69, 9.17) is 4.74 Å². The van der Waals surface area contributed by atoms with Gasteiger partial charge < -0.3 is 9.64 Å². The highest BCUT2D eigenvalue weighted by molar-refractivity contribution is 7.91. The summed E-state index contributed by atoms with van der Waals surface area (Å²) < 4.78 is 55.8. The van der Waals surface area contributed by atoms with Gasteiger partial charge in [-0.1, -0.05) is 12.1 Å². The van der Waals surface area contributed by atoms with Crippen molar-refractivity contribution in [2.24, 2.45) is 5.92 Å². The van der Waals surface area contributed by atoms with Gasteiger partial charge in [-0.2, -0.15) is 8.78 Å². The minimum Gasteiger partial charge on any atom is -0.373 e. The molecule has 0 radical (unpaired) electrons. The predicted octanol–water partition coefficient (Wildman–Crippen LogP) is 3.01. The quantitative estimate of drug-likeness (QED) is 0.758.